The van der Waals surface area contributed by atoms with Gasteiger partial charge in [0.15, 0.2) is 0 Å². The Bertz CT molecular complexity index is 687. The summed E-state index contributed by atoms with van der Waals surface area (Å²) in [5.41, 5.74) is 0.681. The lowest BCUT2D eigenvalue weighted by Crippen LogP contribution is -2.38. The Morgan fingerprint density at radius 1 is 1.21 bits per heavy atom. The second-order valence-corrected chi connectivity index (χ2v) is 8.06. The molecular weight excluding hydrogens is 318 g/mol. The number of amides is 1. The second kappa shape index (κ2) is 7.34. The topological polar surface area (TPSA) is 36.4 Å². The van der Waals surface area contributed by atoms with Gasteiger partial charge in [-0.15, -0.1) is 11.3 Å². The molecule has 0 spiro atoms. The van der Waals surface area contributed by atoms with E-state index in [1.165, 1.54) is 22.6 Å². The molecular formula is C19H25N3OS. The Kier molecular flexibility index (Phi) is 5.19. The smallest absolute Gasteiger partial charge is 0.255 e. The number of pyridine rings is 1. The SMILES string of the molecule is Cc1ccc(CN(C(=O)c2ccc(N(C)C)nc2)C2CCCC2)s1. The maximum absolute atomic E-state index is 13.1. The van der Waals surface area contributed by atoms with E-state index >= 15 is 0 Å². The number of carbonyl (C=O) groups is 1. The van der Waals surface area contributed by atoms with Gasteiger partial charge in [-0.2, -0.15) is 0 Å². The monoisotopic (exact) mass is 343 g/mol. The lowest BCUT2D eigenvalue weighted by Gasteiger charge is -2.29. The summed E-state index contributed by atoms with van der Waals surface area (Å²) in [4.78, 5) is 24.1. The van der Waals surface area contributed by atoms with Gasteiger partial charge in [0, 0.05) is 36.1 Å². The minimum Gasteiger partial charge on any atom is -0.363 e. The summed E-state index contributed by atoms with van der Waals surface area (Å²) in [6, 6.07) is 8.43. The minimum absolute atomic E-state index is 0.103. The van der Waals surface area contributed by atoms with Gasteiger partial charge in [-0.3, -0.25) is 4.79 Å². The summed E-state index contributed by atoms with van der Waals surface area (Å²) in [6.45, 7) is 2.82. The van der Waals surface area contributed by atoms with Gasteiger partial charge in [-0.05, 0) is 44.0 Å². The molecule has 1 aliphatic carbocycles. The molecule has 1 saturated carbocycles. The molecule has 0 radical (unpaired) electrons. The number of thiophene rings is 1. The standard InChI is InChI=1S/C19H25N3OS/c1-14-8-10-17(24-14)13-22(16-6-4-5-7-16)19(23)15-9-11-18(20-12-15)21(2)3/h8-12,16H,4-7,13H2,1-3H3. The van der Waals surface area contributed by atoms with Crippen LogP contribution in [0.5, 0.6) is 0 Å². The Labute approximate surface area is 148 Å². The lowest BCUT2D eigenvalue weighted by molar-refractivity contribution is 0.0666. The van der Waals surface area contributed by atoms with Crippen LogP contribution in [0.3, 0.4) is 0 Å². The van der Waals surface area contributed by atoms with Gasteiger partial charge in [-0.1, -0.05) is 12.8 Å². The number of nitrogens with zero attached hydrogens (tertiary/aromatic N) is 3. The number of aromatic nitrogens is 1. The number of hydrogen-bond donors (Lipinski definition) is 0. The Morgan fingerprint density at radius 3 is 2.50 bits per heavy atom. The van der Waals surface area contributed by atoms with Crippen LogP contribution >= 0.6 is 11.3 Å². The van der Waals surface area contributed by atoms with E-state index in [4.69, 9.17) is 0 Å². The van der Waals surface area contributed by atoms with Crippen LogP contribution < -0.4 is 4.90 Å². The van der Waals surface area contributed by atoms with Gasteiger partial charge < -0.3 is 9.80 Å². The average Bonchev–Trinajstić information content (AvgIpc) is 3.23. The van der Waals surface area contributed by atoms with Crippen molar-refractivity contribution < 1.29 is 4.79 Å². The van der Waals surface area contributed by atoms with Crippen LogP contribution in [0.4, 0.5) is 5.82 Å². The van der Waals surface area contributed by atoms with Gasteiger partial charge in [-0.25, -0.2) is 4.98 Å². The molecule has 1 fully saturated rings. The zero-order chi connectivity index (χ0) is 17.1. The highest BCUT2D eigenvalue weighted by atomic mass is 32.1. The van der Waals surface area contributed by atoms with Crippen molar-refractivity contribution in [2.75, 3.05) is 19.0 Å². The first-order chi connectivity index (χ1) is 11.5. The van der Waals surface area contributed by atoms with Crippen LogP contribution in [-0.2, 0) is 6.54 Å². The van der Waals surface area contributed by atoms with Crippen LogP contribution in [0.2, 0.25) is 0 Å². The lowest BCUT2D eigenvalue weighted by atomic mass is 10.1. The number of aryl methyl sites for hydroxylation is 1. The molecule has 0 aromatic carbocycles. The van der Waals surface area contributed by atoms with Crippen LogP contribution in [0.1, 0.15) is 45.8 Å². The van der Waals surface area contributed by atoms with Crippen molar-refractivity contribution in [3.8, 4) is 0 Å². The van der Waals surface area contributed by atoms with Crippen molar-refractivity contribution >= 4 is 23.1 Å². The van der Waals surface area contributed by atoms with Crippen molar-refractivity contribution in [2.24, 2.45) is 0 Å². The molecule has 1 amide bonds. The number of anilines is 1. The van der Waals surface area contributed by atoms with E-state index in [-0.39, 0.29) is 5.91 Å². The minimum atomic E-state index is 0.103. The number of carbonyl (C=O) groups excluding carboxylic acids is 1. The maximum Gasteiger partial charge on any atom is 0.255 e. The van der Waals surface area contributed by atoms with Crippen molar-refractivity contribution in [1.29, 1.82) is 0 Å². The Hall–Kier alpha value is -1.88. The van der Waals surface area contributed by atoms with Crippen molar-refractivity contribution in [3.63, 3.8) is 0 Å². The fourth-order valence-corrected chi connectivity index (χ4v) is 4.15. The van der Waals surface area contributed by atoms with Crippen LogP contribution in [-0.4, -0.2) is 35.9 Å². The van der Waals surface area contributed by atoms with E-state index in [0.29, 0.717) is 18.2 Å². The van der Waals surface area contributed by atoms with E-state index in [9.17, 15) is 4.79 Å². The van der Waals surface area contributed by atoms with E-state index < -0.39 is 0 Å². The maximum atomic E-state index is 13.1. The molecule has 2 heterocycles. The van der Waals surface area contributed by atoms with E-state index in [1.807, 2.05) is 31.1 Å². The summed E-state index contributed by atoms with van der Waals surface area (Å²) < 4.78 is 0. The molecule has 1 aliphatic rings. The number of rotatable bonds is 5. The van der Waals surface area contributed by atoms with E-state index in [1.54, 1.807) is 17.5 Å². The Morgan fingerprint density at radius 2 is 1.96 bits per heavy atom. The Balaban J connectivity index is 1.82. The molecule has 0 unspecified atom stereocenters. The first-order valence-electron chi connectivity index (χ1n) is 8.54. The predicted octanol–water partition coefficient (Wildman–Crippen LogP) is 4.10. The number of hydrogen-bond acceptors (Lipinski definition) is 4. The zero-order valence-electron chi connectivity index (χ0n) is 14.7. The van der Waals surface area contributed by atoms with Gasteiger partial charge in [0.25, 0.3) is 5.91 Å². The molecule has 0 saturated heterocycles. The summed E-state index contributed by atoms with van der Waals surface area (Å²) >= 11 is 1.78. The third-order valence-electron chi connectivity index (χ3n) is 4.60. The second-order valence-electron chi connectivity index (χ2n) is 6.68. The highest BCUT2D eigenvalue weighted by Crippen LogP contribution is 2.28. The normalized spacial score (nSPS) is 14.8. The average molecular weight is 343 g/mol. The predicted molar refractivity (Wildman–Crippen MR) is 99.7 cm³/mol. The molecule has 0 N–H and O–H groups in total. The van der Waals surface area contributed by atoms with E-state index in [2.05, 4.69) is 28.9 Å². The largest absolute Gasteiger partial charge is 0.363 e. The first-order valence-corrected chi connectivity index (χ1v) is 9.36. The first kappa shape index (κ1) is 17.0. The summed E-state index contributed by atoms with van der Waals surface area (Å²) in [5.74, 6) is 0.971. The van der Waals surface area contributed by atoms with E-state index in [0.717, 1.165) is 18.7 Å². The molecule has 128 valence electrons. The third kappa shape index (κ3) is 3.78. The van der Waals surface area contributed by atoms with Crippen LogP contribution in [0.15, 0.2) is 30.5 Å². The molecule has 5 heteroatoms. The third-order valence-corrected chi connectivity index (χ3v) is 5.59. The zero-order valence-corrected chi connectivity index (χ0v) is 15.5. The van der Waals surface area contributed by atoms with Crippen LogP contribution in [0, 0.1) is 6.92 Å². The van der Waals surface area contributed by atoms with Gasteiger partial charge in [0.05, 0.1) is 12.1 Å². The van der Waals surface area contributed by atoms with Gasteiger partial charge in [0.2, 0.25) is 0 Å². The highest BCUT2D eigenvalue weighted by molar-refractivity contribution is 7.11. The summed E-state index contributed by atoms with van der Waals surface area (Å²) in [6.07, 6.45) is 6.36. The molecule has 2 aromatic heterocycles. The van der Waals surface area contributed by atoms with Crippen molar-refractivity contribution in [1.82, 2.24) is 9.88 Å². The fraction of sp³-hybridized carbons (Fsp3) is 0.474. The van der Waals surface area contributed by atoms with Crippen LogP contribution in [0.25, 0.3) is 0 Å². The molecule has 24 heavy (non-hydrogen) atoms. The molecule has 0 bridgehead atoms. The van der Waals surface area contributed by atoms with Crippen molar-refractivity contribution in [2.45, 2.75) is 45.2 Å². The molecule has 3 rings (SSSR count). The fourth-order valence-electron chi connectivity index (χ4n) is 3.26. The molecule has 4 nitrogen and oxygen atoms in total. The summed E-state index contributed by atoms with van der Waals surface area (Å²) in [5, 5.41) is 0. The molecule has 2 aromatic rings. The van der Waals surface area contributed by atoms with Gasteiger partial charge in [0.1, 0.15) is 5.82 Å². The molecule has 0 atom stereocenters. The highest BCUT2D eigenvalue weighted by Gasteiger charge is 2.28. The molecule has 0 aliphatic heterocycles. The van der Waals surface area contributed by atoms with Gasteiger partial charge >= 0.3 is 0 Å². The van der Waals surface area contributed by atoms with Crippen molar-refractivity contribution in [3.05, 3.63) is 45.8 Å². The quantitative estimate of drug-likeness (QED) is 0.820. The summed E-state index contributed by atoms with van der Waals surface area (Å²) in [7, 11) is 3.90.